The molecule has 0 aliphatic carbocycles. The van der Waals surface area contributed by atoms with Gasteiger partial charge in [0.1, 0.15) is 0 Å². The zero-order valence-electron chi connectivity index (χ0n) is 16.6. The van der Waals surface area contributed by atoms with Crippen LogP contribution in [0.3, 0.4) is 0 Å². The number of hydrogen-bond donors (Lipinski definition) is 1. The number of anilines is 1. The molecule has 0 spiro atoms. The van der Waals surface area contributed by atoms with Crippen LogP contribution in [0.5, 0.6) is 11.5 Å². The molecule has 1 N–H and O–H groups in total. The van der Waals surface area contributed by atoms with Crippen LogP contribution in [0.15, 0.2) is 60.7 Å². The summed E-state index contributed by atoms with van der Waals surface area (Å²) in [5.41, 5.74) is 0.912. The SMILES string of the molecule is CCOc1ccc(C(=O)O[C@H](C)C(=O)Nc2ccc3ccccc3c2)cc1OC. The molecule has 6 heteroatoms. The predicted molar refractivity (Wildman–Crippen MR) is 112 cm³/mol. The molecule has 6 nitrogen and oxygen atoms in total. The summed E-state index contributed by atoms with van der Waals surface area (Å²) in [7, 11) is 1.49. The van der Waals surface area contributed by atoms with E-state index in [2.05, 4.69) is 5.32 Å². The van der Waals surface area contributed by atoms with Gasteiger partial charge >= 0.3 is 5.97 Å². The largest absolute Gasteiger partial charge is 0.493 e. The predicted octanol–water partition coefficient (Wildman–Crippen LogP) is 4.43. The van der Waals surface area contributed by atoms with Gasteiger partial charge in [0.2, 0.25) is 0 Å². The van der Waals surface area contributed by atoms with Crippen LogP contribution in [-0.2, 0) is 9.53 Å². The number of ether oxygens (including phenoxy) is 3. The Labute approximate surface area is 169 Å². The minimum Gasteiger partial charge on any atom is -0.493 e. The average Bonchev–Trinajstić information content (AvgIpc) is 2.74. The Balaban J connectivity index is 1.66. The molecule has 0 bridgehead atoms. The quantitative estimate of drug-likeness (QED) is 0.601. The molecule has 3 aromatic rings. The first-order valence-corrected chi connectivity index (χ1v) is 9.33. The molecule has 0 radical (unpaired) electrons. The van der Waals surface area contributed by atoms with Crippen molar-refractivity contribution >= 4 is 28.3 Å². The van der Waals surface area contributed by atoms with Crippen molar-refractivity contribution < 1.29 is 23.8 Å². The van der Waals surface area contributed by atoms with Crippen molar-refractivity contribution in [1.29, 1.82) is 0 Å². The smallest absolute Gasteiger partial charge is 0.339 e. The van der Waals surface area contributed by atoms with Crippen LogP contribution >= 0.6 is 0 Å². The summed E-state index contributed by atoms with van der Waals surface area (Å²) in [4.78, 5) is 24.9. The Morgan fingerprint density at radius 1 is 0.966 bits per heavy atom. The van der Waals surface area contributed by atoms with Gasteiger partial charge in [-0.05, 0) is 55.0 Å². The molecule has 1 atom stereocenters. The standard InChI is InChI=1S/C23H23NO5/c1-4-28-20-12-10-18(14-21(20)27-3)23(26)29-15(2)22(25)24-19-11-9-16-7-5-6-8-17(16)13-19/h5-15H,4H2,1-3H3,(H,24,25)/t15-/m1/s1. The third-order valence-electron chi connectivity index (χ3n) is 4.37. The summed E-state index contributed by atoms with van der Waals surface area (Å²) in [5.74, 6) is -0.0674. The number of fused-ring (bicyclic) bond motifs is 1. The summed E-state index contributed by atoms with van der Waals surface area (Å²) in [6, 6.07) is 18.2. The topological polar surface area (TPSA) is 73.9 Å². The highest BCUT2D eigenvalue weighted by Gasteiger charge is 2.20. The monoisotopic (exact) mass is 393 g/mol. The van der Waals surface area contributed by atoms with E-state index >= 15 is 0 Å². The van der Waals surface area contributed by atoms with E-state index in [1.54, 1.807) is 12.1 Å². The van der Waals surface area contributed by atoms with Crippen molar-refractivity contribution in [3.63, 3.8) is 0 Å². The van der Waals surface area contributed by atoms with Crippen molar-refractivity contribution in [2.24, 2.45) is 0 Å². The van der Waals surface area contributed by atoms with E-state index < -0.39 is 18.0 Å². The van der Waals surface area contributed by atoms with Crippen LogP contribution in [0, 0.1) is 0 Å². The van der Waals surface area contributed by atoms with Gasteiger partial charge in [-0.3, -0.25) is 4.79 Å². The highest BCUT2D eigenvalue weighted by Crippen LogP contribution is 2.28. The fourth-order valence-electron chi connectivity index (χ4n) is 2.86. The summed E-state index contributed by atoms with van der Waals surface area (Å²) < 4.78 is 16.0. The van der Waals surface area contributed by atoms with Crippen molar-refractivity contribution in [3.05, 3.63) is 66.2 Å². The first kappa shape index (κ1) is 20.2. The number of nitrogens with one attached hydrogen (secondary N) is 1. The summed E-state index contributed by atoms with van der Waals surface area (Å²) >= 11 is 0. The van der Waals surface area contributed by atoms with Crippen molar-refractivity contribution in [2.75, 3.05) is 19.0 Å². The maximum absolute atomic E-state index is 12.4. The Kier molecular flexibility index (Phi) is 6.34. The molecule has 0 heterocycles. The highest BCUT2D eigenvalue weighted by molar-refractivity contribution is 5.99. The molecule has 29 heavy (non-hydrogen) atoms. The van der Waals surface area contributed by atoms with Gasteiger partial charge in [0.15, 0.2) is 17.6 Å². The number of amides is 1. The molecule has 150 valence electrons. The number of benzene rings is 3. The lowest BCUT2D eigenvalue weighted by Gasteiger charge is -2.15. The Morgan fingerprint density at radius 3 is 2.45 bits per heavy atom. The normalized spacial score (nSPS) is 11.6. The number of carbonyl (C=O) groups excluding carboxylic acids is 2. The zero-order chi connectivity index (χ0) is 20.8. The number of carbonyl (C=O) groups is 2. The van der Waals surface area contributed by atoms with Gasteiger partial charge in [0, 0.05) is 5.69 Å². The van der Waals surface area contributed by atoms with E-state index in [1.165, 1.54) is 20.1 Å². The van der Waals surface area contributed by atoms with Gasteiger partial charge in [0.25, 0.3) is 5.91 Å². The lowest BCUT2D eigenvalue weighted by molar-refractivity contribution is -0.123. The molecule has 0 unspecified atom stereocenters. The number of esters is 1. The van der Waals surface area contributed by atoms with E-state index in [0.29, 0.717) is 23.8 Å². The van der Waals surface area contributed by atoms with Crippen LogP contribution in [0.4, 0.5) is 5.69 Å². The first-order chi connectivity index (χ1) is 14.0. The van der Waals surface area contributed by atoms with E-state index in [-0.39, 0.29) is 5.56 Å². The van der Waals surface area contributed by atoms with Gasteiger partial charge in [0.05, 0.1) is 19.3 Å². The van der Waals surface area contributed by atoms with E-state index in [4.69, 9.17) is 14.2 Å². The van der Waals surface area contributed by atoms with Crippen LogP contribution < -0.4 is 14.8 Å². The van der Waals surface area contributed by atoms with Crippen LogP contribution in [0.1, 0.15) is 24.2 Å². The summed E-state index contributed by atoms with van der Waals surface area (Å²) in [5, 5.41) is 4.87. The van der Waals surface area contributed by atoms with E-state index in [0.717, 1.165) is 10.8 Å². The molecule has 0 saturated carbocycles. The van der Waals surface area contributed by atoms with Crippen molar-refractivity contribution in [1.82, 2.24) is 0 Å². The molecule has 0 aromatic heterocycles. The van der Waals surface area contributed by atoms with Gasteiger partial charge in [-0.25, -0.2) is 4.79 Å². The second-order valence-corrected chi connectivity index (χ2v) is 6.40. The fourth-order valence-corrected chi connectivity index (χ4v) is 2.86. The maximum atomic E-state index is 12.4. The Hall–Kier alpha value is -3.54. The number of rotatable bonds is 7. The zero-order valence-corrected chi connectivity index (χ0v) is 16.6. The van der Waals surface area contributed by atoms with Gasteiger partial charge in [-0.2, -0.15) is 0 Å². The molecule has 1 amide bonds. The van der Waals surface area contributed by atoms with Gasteiger partial charge in [-0.1, -0.05) is 30.3 Å². The van der Waals surface area contributed by atoms with Crippen molar-refractivity contribution in [3.8, 4) is 11.5 Å². The van der Waals surface area contributed by atoms with E-state index in [1.807, 2.05) is 49.4 Å². The number of hydrogen-bond acceptors (Lipinski definition) is 5. The van der Waals surface area contributed by atoms with Crippen LogP contribution in [-0.4, -0.2) is 31.7 Å². The third-order valence-corrected chi connectivity index (χ3v) is 4.37. The minimum absolute atomic E-state index is 0.274. The lowest BCUT2D eigenvalue weighted by Crippen LogP contribution is -2.30. The lowest BCUT2D eigenvalue weighted by atomic mass is 10.1. The second kappa shape index (κ2) is 9.10. The molecule has 0 saturated heterocycles. The summed E-state index contributed by atoms with van der Waals surface area (Å²) in [6.45, 7) is 3.86. The van der Waals surface area contributed by atoms with Crippen molar-refractivity contribution in [2.45, 2.75) is 20.0 Å². The molecular weight excluding hydrogens is 370 g/mol. The number of methoxy groups -OCH3 is 1. The molecule has 3 rings (SSSR count). The molecule has 0 fully saturated rings. The van der Waals surface area contributed by atoms with Crippen LogP contribution in [0.2, 0.25) is 0 Å². The van der Waals surface area contributed by atoms with Gasteiger partial charge < -0.3 is 19.5 Å². The Morgan fingerprint density at radius 2 is 1.72 bits per heavy atom. The second-order valence-electron chi connectivity index (χ2n) is 6.40. The molecule has 3 aromatic carbocycles. The summed E-state index contributed by atoms with van der Waals surface area (Å²) in [6.07, 6.45) is -0.966. The molecule has 0 aliphatic heterocycles. The van der Waals surface area contributed by atoms with Crippen LogP contribution in [0.25, 0.3) is 10.8 Å². The first-order valence-electron chi connectivity index (χ1n) is 9.33. The van der Waals surface area contributed by atoms with Gasteiger partial charge in [-0.15, -0.1) is 0 Å². The highest BCUT2D eigenvalue weighted by atomic mass is 16.5. The molecular formula is C23H23NO5. The third kappa shape index (κ3) is 4.85. The fraction of sp³-hybridized carbons (Fsp3) is 0.217. The minimum atomic E-state index is -0.966. The van der Waals surface area contributed by atoms with E-state index in [9.17, 15) is 9.59 Å². The maximum Gasteiger partial charge on any atom is 0.339 e. The Bertz CT molecular complexity index is 1030. The average molecular weight is 393 g/mol. The molecule has 0 aliphatic rings.